The van der Waals surface area contributed by atoms with Crippen LogP contribution in [0, 0.1) is 0 Å². The minimum absolute atomic E-state index is 0.00143. The van der Waals surface area contributed by atoms with Gasteiger partial charge in [-0.3, -0.25) is 0 Å². The van der Waals surface area contributed by atoms with Gasteiger partial charge in [0.05, 0.1) is 12.7 Å². The lowest BCUT2D eigenvalue weighted by molar-refractivity contribution is 0.0148. The van der Waals surface area contributed by atoms with Gasteiger partial charge in [-0.15, -0.1) is 0 Å². The summed E-state index contributed by atoms with van der Waals surface area (Å²) in [4.78, 5) is 23.8. The van der Waals surface area contributed by atoms with Gasteiger partial charge < -0.3 is 29.0 Å². The summed E-state index contributed by atoms with van der Waals surface area (Å²) in [7, 11) is 0.150. The van der Waals surface area contributed by atoms with Crippen LogP contribution in [-0.4, -0.2) is 58.4 Å². The molecule has 1 aliphatic carbocycles. The molecule has 1 aliphatic rings. The summed E-state index contributed by atoms with van der Waals surface area (Å²) in [5.74, 6) is 0.489. The molecule has 1 aromatic carbocycles. The molecular weight excluding hydrogens is 430 g/mol. The van der Waals surface area contributed by atoms with Gasteiger partial charge in [-0.2, -0.15) is 0 Å². The molecule has 1 aromatic rings. The summed E-state index contributed by atoms with van der Waals surface area (Å²) >= 11 is 0. The van der Waals surface area contributed by atoms with Gasteiger partial charge in [0.2, 0.25) is 0 Å². The van der Waals surface area contributed by atoms with Crippen LogP contribution in [0.25, 0.3) is 0 Å². The van der Waals surface area contributed by atoms with Crippen LogP contribution < -0.4 is 14.8 Å². The van der Waals surface area contributed by atoms with Crippen molar-refractivity contribution in [3.8, 4) is 11.5 Å². The third kappa shape index (κ3) is 9.08. The van der Waals surface area contributed by atoms with E-state index in [0.29, 0.717) is 36.5 Å². The van der Waals surface area contributed by atoms with Gasteiger partial charge in [0, 0.05) is 33.6 Å². The van der Waals surface area contributed by atoms with Crippen LogP contribution in [0.3, 0.4) is 0 Å². The number of benzene rings is 1. The number of hydrogen-bond acceptors (Lipinski definition) is 7. The lowest BCUT2D eigenvalue weighted by Crippen LogP contribution is -2.50. The van der Waals surface area contributed by atoms with Crippen LogP contribution in [0.2, 0.25) is 25.7 Å². The maximum Gasteiger partial charge on any atom is 0.407 e. The number of hydrogen-bond donors (Lipinski definition) is 1. The lowest BCUT2D eigenvalue weighted by atomic mass is 9.89. The van der Waals surface area contributed by atoms with Crippen molar-refractivity contribution in [1.82, 2.24) is 5.32 Å². The van der Waals surface area contributed by atoms with Crippen LogP contribution in [0.4, 0.5) is 4.79 Å². The fourth-order valence-electron chi connectivity index (χ4n) is 2.94. The molecule has 0 saturated heterocycles. The number of carbonyl (C=O) groups excluding carboxylic acids is 2. The van der Waals surface area contributed by atoms with E-state index in [0.717, 1.165) is 6.04 Å². The number of alkyl carbamates (subject to hydrolysis) is 1. The summed E-state index contributed by atoms with van der Waals surface area (Å²) in [6.45, 7) is 13.0. The van der Waals surface area contributed by atoms with Crippen LogP contribution in [0.1, 0.15) is 44.0 Å². The predicted octanol–water partition coefficient (Wildman–Crippen LogP) is 4.60. The first-order chi connectivity index (χ1) is 14.9. The van der Waals surface area contributed by atoms with Crippen LogP contribution in [-0.2, 0) is 14.2 Å². The van der Waals surface area contributed by atoms with Crippen LogP contribution in [0.5, 0.6) is 11.5 Å². The Balaban J connectivity index is 1.91. The van der Waals surface area contributed by atoms with E-state index in [-0.39, 0.29) is 18.9 Å². The van der Waals surface area contributed by atoms with E-state index in [1.54, 1.807) is 18.2 Å². The quantitative estimate of drug-likeness (QED) is 0.233. The topological polar surface area (TPSA) is 92.3 Å². The Morgan fingerprint density at radius 1 is 1.12 bits per heavy atom. The molecule has 0 atom stereocenters. The summed E-state index contributed by atoms with van der Waals surface area (Å²) in [5, 5.41) is 2.85. The molecule has 0 aromatic heterocycles. The average molecular weight is 468 g/mol. The van der Waals surface area contributed by atoms with E-state index in [4.69, 9.17) is 23.7 Å². The number of rotatable bonds is 10. The summed E-state index contributed by atoms with van der Waals surface area (Å²) < 4.78 is 27.5. The maximum absolute atomic E-state index is 11.9. The second-order valence-corrected chi connectivity index (χ2v) is 15.8. The Morgan fingerprint density at radius 2 is 1.81 bits per heavy atom. The van der Waals surface area contributed by atoms with Crippen molar-refractivity contribution < 1.29 is 33.3 Å². The highest BCUT2D eigenvalue weighted by Gasteiger charge is 2.34. The summed E-state index contributed by atoms with van der Waals surface area (Å²) in [6, 6.07) is 5.96. The molecule has 9 heteroatoms. The fourth-order valence-corrected chi connectivity index (χ4v) is 3.70. The highest BCUT2D eigenvalue weighted by Crippen LogP contribution is 2.34. The monoisotopic (exact) mass is 467 g/mol. The van der Waals surface area contributed by atoms with Crippen molar-refractivity contribution in [1.29, 1.82) is 0 Å². The van der Waals surface area contributed by atoms with E-state index < -0.39 is 25.7 Å². The molecule has 0 bridgehead atoms. The summed E-state index contributed by atoms with van der Waals surface area (Å²) in [6.07, 6.45) is 0.811. The molecule has 1 saturated carbocycles. The molecule has 1 N–H and O–H groups in total. The smallest absolute Gasteiger partial charge is 0.407 e. The van der Waals surface area contributed by atoms with Crippen molar-refractivity contribution in [3.63, 3.8) is 0 Å². The van der Waals surface area contributed by atoms with Crippen LogP contribution in [0.15, 0.2) is 18.2 Å². The van der Waals surface area contributed by atoms with Gasteiger partial charge in [-0.05, 0) is 45.0 Å². The third-order valence-corrected chi connectivity index (χ3v) is 6.47. The number of amides is 1. The SMILES string of the molecule is COC(=O)c1ccc(O[C@H]2C[C@H](NC(=O)OC(C)(C)C)C2)c(OCOCC[Si](C)(C)C)c1. The lowest BCUT2D eigenvalue weighted by Gasteiger charge is -2.36. The van der Waals surface area contributed by atoms with Crippen molar-refractivity contribution in [2.75, 3.05) is 20.5 Å². The zero-order chi connectivity index (χ0) is 23.9. The molecule has 0 unspecified atom stereocenters. The number of esters is 1. The van der Waals surface area contributed by atoms with E-state index in [1.165, 1.54) is 7.11 Å². The molecule has 180 valence electrons. The average Bonchev–Trinajstić information content (AvgIpc) is 2.63. The molecule has 2 rings (SSSR count). The molecule has 0 spiro atoms. The number of nitrogens with one attached hydrogen (secondary N) is 1. The zero-order valence-electron chi connectivity index (χ0n) is 20.3. The van der Waals surface area contributed by atoms with Gasteiger partial charge in [0.15, 0.2) is 18.3 Å². The van der Waals surface area contributed by atoms with Gasteiger partial charge in [0.25, 0.3) is 0 Å². The molecule has 1 fully saturated rings. The first-order valence-electron chi connectivity index (χ1n) is 11.0. The molecule has 0 heterocycles. The number of ether oxygens (including phenoxy) is 5. The Bertz CT molecular complexity index is 780. The van der Waals surface area contributed by atoms with E-state index in [2.05, 4.69) is 25.0 Å². The standard InChI is InChI=1S/C23H37NO7Si/c1-23(2,3)31-22(26)24-17-13-18(14-17)30-19-9-8-16(21(25)27-4)12-20(19)29-15-28-10-11-32(5,6)7/h8-9,12,17-18H,10-11,13-15H2,1-7H3,(H,24,26)/t17-,18-. The van der Waals surface area contributed by atoms with Crippen molar-refractivity contribution in [3.05, 3.63) is 23.8 Å². The highest BCUT2D eigenvalue weighted by molar-refractivity contribution is 6.76. The highest BCUT2D eigenvalue weighted by atomic mass is 28.3. The van der Waals surface area contributed by atoms with Gasteiger partial charge in [0.1, 0.15) is 11.7 Å². The van der Waals surface area contributed by atoms with Crippen molar-refractivity contribution in [2.45, 2.75) is 77.0 Å². The first-order valence-corrected chi connectivity index (χ1v) is 14.7. The molecule has 8 nitrogen and oxygen atoms in total. The number of methoxy groups -OCH3 is 1. The maximum atomic E-state index is 11.9. The normalized spacial score (nSPS) is 18.3. The molecule has 1 amide bonds. The van der Waals surface area contributed by atoms with Gasteiger partial charge >= 0.3 is 12.1 Å². The first kappa shape index (κ1) is 26.0. The molecule has 0 radical (unpaired) electrons. The minimum atomic E-state index is -1.18. The van der Waals surface area contributed by atoms with Crippen molar-refractivity contribution >= 4 is 20.1 Å². The van der Waals surface area contributed by atoms with E-state index in [9.17, 15) is 9.59 Å². The third-order valence-electron chi connectivity index (χ3n) is 4.77. The van der Waals surface area contributed by atoms with Gasteiger partial charge in [-0.25, -0.2) is 9.59 Å². The number of carbonyl (C=O) groups is 2. The molecular formula is C23H37NO7Si. The Hall–Kier alpha value is -2.26. The Kier molecular flexibility index (Phi) is 8.97. The minimum Gasteiger partial charge on any atom is -0.486 e. The second kappa shape index (κ2) is 11.0. The van der Waals surface area contributed by atoms with E-state index in [1.807, 2.05) is 20.8 Å². The zero-order valence-corrected chi connectivity index (χ0v) is 21.3. The van der Waals surface area contributed by atoms with Gasteiger partial charge in [-0.1, -0.05) is 19.6 Å². The Morgan fingerprint density at radius 3 is 2.41 bits per heavy atom. The molecule has 0 aliphatic heterocycles. The summed E-state index contributed by atoms with van der Waals surface area (Å²) in [5.41, 5.74) is -0.163. The van der Waals surface area contributed by atoms with Crippen molar-refractivity contribution in [2.24, 2.45) is 0 Å². The fraction of sp³-hybridized carbons (Fsp3) is 0.652. The van der Waals surface area contributed by atoms with Crippen LogP contribution >= 0.6 is 0 Å². The van der Waals surface area contributed by atoms with E-state index >= 15 is 0 Å². The second-order valence-electron chi connectivity index (χ2n) is 10.2. The largest absolute Gasteiger partial charge is 0.486 e. The predicted molar refractivity (Wildman–Crippen MR) is 124 cm³/mol. The molecule has 32 heavy (non-hydrogen) atoms. The Labute approximate surface area is 191 Å².